The molecule has 0 aliphatic rings. The van der Waals surface area contributed by atoms with Crippen LogP contribution in [0.15, 0.2) is 36.4 Å². The molecule has 0 aliphatic carbocycles. The Bertz CT molecular complexity index is 365. The highest BCUT2D eigenvalue weighted by Gasteiger charge is 2.10. The third-order valence-corrected chi connectivity index (χ3v) is 2.15. The van der Waals surface area contributed by atoms with Crippen molar-refractivity contribution in [2.24, 2.45) is 0 Å². The summed E-state index contributed by atoms with van der Waals surface area (Å²) in [7, 11) is 0. The van der Waals surface area contributed by atoms with Crippen molar-refractivity contribution in [1.82, 2.24) is 0 Å². The van der Waals surface area contributed by atoms with E-state index in [4.69, 9.17) is 0 Å². The third-order valence-electron chi connectivity index (χ3n) is 2.15. The molecule has 0 aromatic heterocycles. The average molecular weight is 203 g/mol. The fraction of sp³-hybridized carbons (Fsp3) is 0.308. The van der Waals surface area contributed by atoms with Crippen LogP contribution < -0.4 is 4.90 Å². The SMILES string of the molecule is C=C(C)CN(C(C)=O)c1ccc(C)cc1. The van der Waals surface area contributed by atoms with E-state index in [1.807, 2.05) is 38.1 Å². The predicted molar refractivity (Wildman–Crippen MR) is 64.0 cm³/mol. The average Bonchev–Trinajstić information content (AvgIpc) is 2.15. The van der Waals surface area contributed by atoms with Gasteiger partial charge in [0.2, 0.25) is 5.91 Å². The fourth-order valence-electron chi connectivity index (χ4n) is 1.38. The van der Waals surface area contributed by atoms with Gasteiger partial charge in [0.1, 0.15) is 0 Å². The molecule has 0 aliphatic heterocycles. The van der Waals surface area contributed by atoms with Gasteiger partial charge in [-0.05, 0) is 26.0 Å². The van der Waals surface area contributed by atoms with Crippen LogP contribution in [0.25, 0.3) is 0 Å². The highest BCUT2D eigenvalue weighted by Crippen LogP contribution is 2.16. The molecule has 1 amide bonds. The second-order valence-corrected chi connectivity index (χ2v) is 3.90. The lowest BCUT2D eigenvalue weighted by Gasteiger charge is -2.21. The molecule has 1 aromatic rings. The smallest absolute Gasteiger partial charge is 0.224 e. The zero-order valence-electron chi connectivity index (χ0n) is 9.58. The maximum absolute atomic E-state index is 11.4. The molecule has 0 unspecified atom stereocenters. The van der Waals surface area contributed by atoms with Crippen LogP contribution in [0.4, 0.5) is 5.69 Å². The van der Waals surface area contributed by atoms with E-state index in [0.29, 0.717) is 6.54 Å². The summed E-state index contributed by atoms with van der Waals surface area (Å²) in [6.07, 6.45) is 0. The summed E-state index contributed by atoms with van der Waals surface area (Å²) in [6.45, 7) is 9.93. The molecular weight excluding hydrogens is 186 g/mol. The molecule has 0 saturated heterocycles. The fourth-order valence-corrected chi connectivity index (χ4v) is 1.38. The first kappa shape index (κ1) is 11.5. The van der Waals surface area contributed by atoms with Crippen molar-refractivity contribution in [3.8, 4) is 0 Å². The van der Waals surface area contributed by atoms with Gasteiger partial charge in [-0.3, -0.25) is 4.79 Å². The number of hydrogen-bond acceptors (Lipinski definition) is 1. The van der Waals surface area contributed by atoms with Gasteiger partial charge < -0.3 is 4.90 Å². The van der Waals surface area contributed by atoms with Crippen molar-refractivity contribution in [3.05, 3.63) is 42.0 Å². The first-order valence-electron chi connectivity index (χ1n) is 5.00. The van der Waals surface area contributed by atoms with E-state index in [1.165, 1.54) is 5.56 Å². The largest absolute Gasteiger partial charge is 0.309 e. The predicted octanol–water partition coefficient (Wildman–Crippen LogP) is 2.92. The van der Waals surface area contributed by atoms with E-state index >= 15 is 0 Å². The van der Waals surface area contributed by atoms with Crippen molar-refractivity contribution in [2.75, 3.05) is 11.4 Å². The number of nitrogens with zero attached hydrogens (tertiary/aromatic N) is 1. The van der Waals surface area contributed by atoms with Gasteiger partial charge in [0.25, 0.3) is 0 Å². The Kier molecular flexibility index (Phi) is 3.67. The molecule has 0 radical (unpaired) electrons. The topological polar surface area (TPSA) is 20.3 Å². The summed E-state index contributed by atoms with van der Waals surface area (Å²) in [5, 5.41) is 0. The van der Waals surface area contributed by atoms with Crippen LogP contribution in [-0.2, 0) is 4.79 Å². The molecule has 1 rings (SSSR count). The van der Waals surface area contributed by atoms with E-state index in [0.717, 1.165) is 11.3 Å². The number of hydrogen-bond donors (Lipinski definition) is 0. The molecular formula is C13H17NO. The minimum absolute atomic E-state index is 0.0434. The second-order valence-electron chi connectivity index (χ2n) is 3.90. The van der Waals surface area contributed by atoms with E-state index in [1.54, 1.807) is 11.8 Å². The molecule has 80 valence electrons. The van der Waals surface area contributed by atoms with Crippen LogP contribution >= 0.6 is 0 Å². The van der Waals surface area contributed by atoms with Crippen molar-refractivity contribution in [1.29, 1.82) is 0 Å². The molecule has 0 atom stereocenters. The van der Waals surface area contributed by atoms with Crippen LogP contribution in [0.3, 0.4) is 0 Å². The lowest BCUT2D eigenvalue weighted by Crippen LogP contribution is -2.29. The number of carbonyl (C=O) groups excluding carboxylic acids is 1. The standard InChI is InChI=1S/C13H17NO/c1-10(2)9-14(12(4)15)13-7-5-11(3)6-8-13/h5-8H,1,9H2,2-4H3. The van der Waals surface area contributed by atoms with Crippen molar-refractivity contribution in [3.63, 3.8) is 0 Å². The molecule has 2 heteroatoms. The van der Waals surface area contributed by atoms with Gasteiger partial charge in [-0.1, -0.05) is 29.8 Å². The van der Waals surface area contributed by atoms with Gasteiger partial charge in [-0.15, -0.1) is 0 Å². The maximum atomic E-state index is 11.4. The zero-order valence-corrected chi connectivity index (χ0v) is 9.58. The van der Waals surface area contributed by atoms with Gasteiger partial charge in [0.15, 0.2) is 0 Å². The van der Waals surface area contributed by atoms with Crippen LogP contribution in [-0.4, -0.2) is 12.5 Å². The molecule has 0 fully saturated rings. The number of rotatable bonds is 3. The van der Waals surface area contributed by atoms with Crippen molar-refractivity contribution in [2.45, 2.75) is 20.8 Å². The number of aryl methyl sites for hydroxylation is 1. The minimum atomic E-state index is 0.0434. The third kappa shape index (κ3) is 3.24. The van der Waals surface area contributed by atoms with Gasteiger partial charge in [-0.2, -0.15) is 0 Å². The summed E-state index contributed by atoms with van der Waals surface area (Å²) in [4.78, 5) is 13.2. The van der Waals surface area contributed by atoms with Crippen LogP contribution in [0.2, 0.25) is 0 Å². The lowest BCUT2D eigenvalue weighted by atomic mass is 10.2. The van der Waals surface area contributed by atoms with Crippen molar-refractivity contribution >= 4 is 11.6 Å². The summed E-state index contributed by atoms with van der Waals surface area (Å²) >= 11 is 0. The number of carbonyl (C=O) groups is 1. The Balaban J connectivity index is 2.94. The highest BCUT2D eigenvalue weighted by molar-refractivity contribution is 5.91. The Morgan fingerprint density at radius 1 is 1.27 bits per heavy atom. The van der Waals surface area contributed by atoms with Crippen LogP contribution in [0.5, 0.6) is 0 Å². The Labute approximate surface area is 91.2 Å². The molecule has 0 saturated carbocycles. The molecule has 1 aromatic carbocycles. The monoisotopic (exact) mass is 203 g/mol. The molecule has 2 nitrogen and oxygen atoms in total. The van der Waals surface area contributed by atoms with E-state index in [9.17, 15) is 4.79 Å². The summed E-state index contributed by atoms with van der Waals surface area (Å²) < 4.78 is 0. The highest BCUT2D eigenvalue weighted by atomic mass is 16.2. The van der Waals surface area contributed by atoms with Gasteiger partial charge in [-0.25, -0.2) is 0 Å². The summed E-state index contributed by atoms with van der Waals surface area (Å²) in [5.41, 5.74) is 3.10. The molecule has 0 bridgehead atoms. The normalized spacial score (nSPS) is 9.80. The quantitative estimate of drug-likeness (QED) is 0.692. The number of benzene rings is 1. The molecule has 0 N–H and O–H groups in total. The molecule has 0 heterocycles. The van der Waals surface area contributed by atoms with E-state index in [2.05, 4.69) is 6.58 Å². The Morgan fingerprint density at radius 2 is 1.80 bits per heavy atom. The van der Waals surface area contributed by atoms with E-state index in [-0.39, 0.29) is 5.91 Å². The number of amides is 1. The minimum Gasteiger partial charge on any atom is -0.309 e. The van der Waals surface area contributed by atoms with E-state index < -0.39 is 0 Å². The van der Waals surface area contributed by atoms with Gasteiger partial charge in [0, 0.05) is 19.2 Å². The Morgan fingerprint density at radius 3 is 2.20 bits per heavy atom. The van der Waals surface area contributed by atoms with Crippen molar-refractivity contribution < 1.29 is 4.79 Å². The summed E-state index contributed by atoms with van der Waals surface area (Å²) in [6, 6.07) is 7.92. The molecule has 15 heavy (non-hydrogen) atoms. The lowest BCUT2D eigenvalue weighted by molar-refractivity contribution is -0.116. The van der Waals surface area contributed by atoms with Crippen LogP contribution in [0.1, 0.15) is 19.4 Å². The first-order valence-corrected chi connectivity index (χ1v) is 5.00. The molecule has 0 spiro atoms. The summed E-state index contributed by atoms with van der Waals surface area (Å²) in [5.74, 6) is 0.0434. The maximum Gasteiger partial charge on any atom is 0.224 e. The van der Waals surface area contributed by atoms with Gasteiger partial charge >= 0.3 is 0 Å². The Hall–Kier alpha value is -1.57. The zero-order chi connectivity index (χ0) is 11.4. The first-order chi connectivity index (χ1) is 7.00. The van der Waals surface area contributed by atoms with Gasteiger partial charge in [0.05, 0.1) is 0 Å². The second kappa shape index (κ2) is 4.78. The number of anilines is 1. The van der Waals surface area contributed by atoms with Crippen LogP contribution in [0, 0.1) is 6.92 Å².